The third kappa shape index (κ3) is 4.01. The molecule has 19 heavy (non-hydrogen) atoms. The van der Waals surface area contributed by atoms with E-state index in [0.29, 0.717) is 6.04 Å². The first-order valence-electron chi connectivity index (χ1n) is 7.12. The van der Waals surface area contributed by atoms with E-state index in [1.54, 1.807) is 0 Å². The van der Waals surface area contributed by atoms with Gasteiger partial charge in [-0.3, -0.25) is 9.88 Å². The van der Waals surface area contributed by atoms with Gasteiger partial charge in [0.05, 0.1) is 5.69 Å². The largest absolute Gasteiger partial charge is 0.310 e. The molecule has 0 bridgehead atoms. The molecular formula is C15H24BrN3. The summed E-state index contributed by atoms with van der Waals surface area (Å²) < 4.78 is 1.04. The summed E-state index contributed by atoms with van der Waals surface area (Å²) >= 11 is 3.44. The van der Waals surface area contributed by atoms with E-state index < -0.39 is 0 Å². The van der Waals surface area contributed by atoms with Crippen molar-refractivity contribution in [2.75, 3.05) is 13.1 Å². The van der Waals surface area contributed by atoms with Gasteiger partial charge in [-0.2, -0.15) is 0 Å². The SMILES string of the molecule is CCC1(C)CN(Cc2ccc(Br)cn2)C(C)CCN1. The van der Waals surface area contributed by atoms with Crippen LogP contribution < -0.4 is 5.32 Å². The number of halogens is 1. The maximum Gasteiger partial charge on any atom is 0.0544 e. The number of rotatable bonds is 3. The fourth-order valence-electron chi connectivity index (χ4n) is 2.58. The standard InChI is InChI=1S/C15H24BrN3/c1-4-15(3)11-19(12(2)7-8-18-15)10-14-6-5-13(16)9-17-14/h5-6,9,12,18H,4,7-8,10-11H2,1-3H3. The van der Waals surface area contributed by atoms with E-state index in [-0.39, 0.29) is 5.54 Å². The van der Waals surface area contributed by atoms with Crippen molar-refractivity contribution in [2.45, 2.75) is 51.7 Å². The highest BCUT2D eigenvalue weighted by molar-refractivity contribution is 9.10. The average molecular weight is 326 g/mol. The Morgan fingerprint density at radius 1 is 1.53 bits per heavy atom. The van der Waals surface area contributed by atoms with Crippen LogP contribution in [0.25, 0.3) is 0 Å². The molecular weight excluding hydrogens is 302 g/mol. The Labute approximate surface area is 124 Å². The van der Waals surface area contributed by atoms with Gasteiger partial charge in [0.15, 0.2) is 0 Å². The summed E-state index contributed by atoms with van der Waals surface area (Å²) in [5.41, 5.74) is 1.37. The van der Waals surface area contributed by atoms with Crippen LogP contribution >= 0.6 is 15.9 Å². The van der Waals surface area contributed by atoms with Gasteiger partial charge in [-0.05, 0) is 61.3 Å². The minimum Gasteiger partial charge on any atom is -0.310 e. The molecule has 1 fully saturated rings. The summed E-state index contributed by atoms with van der Waals surface area (Å²) in [5.74, 6) is 0. The number of aromatic nitrogens is 1. The van der Waals surface area contributed by atoms with Gasteiger partial charge in [-0.25, -0.2) is 0 Å². The first-order valence-corrected chi connectivity index (χ1v) is 7.91. The lowest BCUT2D eigenvalue weighted by Gasteiger charge is -2.34. The van der Waals surface area contributed by atoms with E-state index in [1.165, 1.54) is 6.42 Å². The van der Waals surface area contributed by atoms with Crippen molar-refractivity contribution >= 4 is 15.9 Å². The van der Waals surface area contributed by atoms with Crippen LogP contribution in [0, 0.1) is 0 Å². The Morgan fingerprint density at radius 3 is 2.95 bits per heavy atom. The van der Waals surface area contributed by atoms with Crippen LogP contribution in [-0.2, 0) is 6.54 Å². The smallest absolute Gasteiger partial charge is 0.0544 e. The average Bonchev–Trinajstić information content (AvgIpc) is 2.53. The van der Waals surface area contributed by atoms with Crippen molar-refractivity contribution in [3.05, 3.63) is 28.5 Å². The molecule has 2 heterocycles. The molecule has 4 heteroatoms. The van der Waals surface area contributed by atoms with E-state index in [0.717, 1.165) is 36.2 Å². The van der Waals surface area contributed by atoms with Crippen LogP contribution in [0.2, 0.25) is 0 Å². The molecule has 2 atom stereocenters. The first-order chi connectivity index (χ1) is 9.02. The summed E-state index contributed by atoms with van der Waals surface area (Å²) in [5, 5.41) is 3.69. The molecule has 3 nitrogen and oxygen atoms in total. The van der Waals surface area contributed by atoms with Crippen molar-refractivity contribution in [1.29, 1.82) is 0 Å². The van der Waals surface area contributed by atoms with Crippen LogP contribution in [0.3, 0.4) is 0 Å². The summed E-state index contributed by atoms with van der Waals surface area (Å²) in [6, 6.07) is 4.78. The second kappa shape index (κ2) is 6.33. The minimum absolute atomic E-state index is 0.222. The van der Waals surface area contributed by atoms with Gasteiger partial charge in [0, 0.05) is 35.3 Å². The lowest BCUT2D eigenvalue weighted by Crippen LogP contribution is -2.49. The summed E-state index contributed by atoms with van der Waals surface area (Å²) in [6.07, 6.45) is 4.24. The van der Waals surface area contributed by atoms with E-state index in [4.69, 9.17) is 0 Å². The fraction of sp³-hybridized carbons (Fsp3) is 0.667. The van der Waals surface area contributed by atoms with Crippen LogP contribution in [0.5, 0.6) is 0 Å². The first kappa shape index (κ1) is 14.9. The van der Waals surface area contributed by atoms with Gasteiger partial charge in [-0.1, -0.05) is 6.92 Å². The van der Waals surface area contributed by atoms with Crippen molar-refractivity contribution in [1.82, 2.24) is 15.2 Å². The highest BCUT2D eigenvalue weighted by Crippen LogP contribution is 2.21. The Balaban J connectivity index is 2.09. The van der Waals surface area contributed by atoms with Gasteiger partial charge >= 0.3 is 0 Å². The van der Waals surface area contributed by atoms with Crippen molar-refractivity contribution in [3.8, 4) is 0 Å². The zero-order valence-corrected chi connectivity index (χ0v) is 13.7. The molecule has 0 saturated carbocycles. The molecule has 1 N–H and O–H groups in total. The number of nitrogens with zero attached hydrogens (tertiary/aromatic N) is 2. The minimum atomic E-state index is 0.222. The van der Waals surface area contributed by atoms with Crippen LogP contribution in [0.4, 0.5) is 0 Å². The predicted molar refractivity (Wildman–Crippen MR) is 83.1 cm³/mol. The monoisotopic (exact) mass is 325 g/mol. The maximum absolute atomic E-state index is 4.50. The van der Waals surface area contributed by atoms with Crippen LogP contribution in [0.1, 0.15) is 39.3 Å². The molecule has 2 rings (SSSR count). The molecule has 1 aromatic heterocycles. The predicted octanol–water partition coefficient (Wildman–Crippen LogP) is 3.20. The Morgan fingerprint density at radius 2 is 2.32 bits per heavy atom. The van der Waals surface area contributed by atoms with E-state index in [2.05, 4.69) is 64.0 Å². The summed E-state index contributed by atoms with van der Waals surface area (Å²) in [7, 11) is 0. The molecule has 1 aromatic rings. The zero-order valence-electron chi connectivity index (χ0n) is 12.1. The second-order valence-electron chi connectivity index (χ2n) is 5.85. The topological polar surface area (TPSA) is 28.2 Å². The van der Waals surface area contributed by atoms with Crippen LogP contribution in [-0.4, -0.2) is 34.6 Å². The third-order valence-corrected chi connectivity index (χ3v) is 4.69. The van der Waals surface area contributed by atoms with Gasteiger partial charge in [0.2, 0.25) is 0 Å². The Bertz CT molecular complexity index is 406. The van der Waals surface area contributed by atoms with E-state index in [9.17, 15) is 0 Å². The zero-order chi connectivity index (χ0) is 13.9. The van der Waals surface area contributed by atoms with Crippen molar-refractivity contribution < 1.29 is 0 Å². The number of nitrogens with one attached hydrogen (secondary N) is 1. The molecule has 2 unspecified atom stereocenters. The second-order valence-corrected chi connectivity index (χ2v) is 6.77. The maximum atomic E-state index is 4.50. The number of hydrogen-bond acceptors (Lipinski definition) is 3. The highest BCUT2D eigenvalue weighted by Gasteiger charge is 2.30. The summed E-state index contributed by atoms with van der Waals surface area (Å²) in [4.78, 5) is 7.06. The molecule has 0 aliphatic carbocycles. The van der Waals surface area contributed by atoms with Gasteiger partial charge in [-0.15, -0.1) is 0 Å². The quantitative estimate of drug-likeness (QED) is 0.925. The lowest BCUT2D eigenvalue weighted by molar-refractivity contribution is 0.162. The summed E-state index contributed by atoms with van der Waals surface area (Å²) in [6.45, 7) is 10.0. The number of hydrogen-bond donors (Lipinski definition) is 1. The Hall–Kier alpha value is -0.450. The molecule has 0 amide bonds. The molecule has 106 valence electrons. The van der Waals surface area contributed by atoms with Gasteiger partial charge in [0.1, 0.15) is 0 Å². The molecule has 0 aromatic carbocycles. The molecule has 1 aliphatic rings. The molecule has 0 radical (unpaired) electrons. The number of pyridine rings is 1. The van der Waals surface area contributed by atoms with Gasteiger partial charge in [0.25, 0.3) is 0 Å². The highest BCUT2D eigenvalue weighted by atomic mass is 79.9. The van der Waals surface area contributed by atoms with Crippen molar-refractivity contribution in [3.63, 3.8) is 0 Å². The van der Waals surface area contributed by atoms with Crippen LogP contribution in [0.15, 0.2) is 22.8 Å². The van der Waals surface area contributed by atoms with E-state index in [1.807, 2.05) is 6.20 Å². The fourth-order valence-corrected chi connectivity index (χ4v) is 2.82. The normalized spacial score (nSPS) is 29.2. The third-order valence-electron chi connectivity index (χ3n) is 4.22. The Kier molecular flexibility index (Phi) is 4.98. The molecule has 1 saturated heterocycles. The molecule has 1 aliphatic heterocycles. The van der Waals surface area contributed by atoms with Gasteiger partial charge < -0.3 is 5.32 Å². The van der Waals surface area contributed by atoms with E-state index >= 15 is 0 Å². The van der Waals surface area contributed by atoms with Crippen molar-refractivity contribution in [2.24, 2.45) is 0 Å². The lowest BCUT2D eigenvalue weighted by atomic mass is 9.98. The molecule has 0 spiro atoms.